The molecule has 1 fully saturated rings. The van der Waals surface area contributed by atoms with Crippen LogP contribution in [0.2, 0.25) is 0 Å². The van der Waals surface area contributed by atoms with Crippen LogP contribution in [-0.4, -0.2) is 55.7 Å². The molecule has 136 valence electrons. The van der Waals surface area contributed by atoms with Crippen LogP contribution in [0.3, 0.4) is 0 Å². The summed E-state index contributed by atoms with van der Waals surface area (Å²) in [4.78, 5) is 5.02. The van der Waals surface area contributed by atoms with E-state index in [0.717, 1.165) is 38.4 Å². The minimum absolute atomic E-state index is 0.307. The highest BCUT2D eigenvalue weighted by Gasteiger charge is 2.28. The van der Waals surface area contributed by atoms with Gasteiger partial charge in [0.1, 0.15) is 5.75 Å². The molecule has 2 N–H and O–H groups in total. The fourth-order valence-electron chi connectivity index (χ4n) is 3.52. The van der Waals surface area contributed by atoms with Crippen molar-refractivity contribution in [1.29, 1.82) is 0 Å². The van der Waals surface area contributed by atoms with Crippen LogP contribution in [0.15, 0.2) is 24.3 Å². The van der Waals surface area contributed by atoms with Crippen molar-refractivity contribution in [3.8, 4) is 5.75 Å². The first-order chi connectivity index (χ1) is 11.7. The molecule has 1 aliphatic rings. The lowest BCUT2D eigenvalue weighted by Gasteiger charge is -2.42. The van der Waals surface area contributed by atoms with E-state index in [1.807, 2.05) is 0 Å². The van der Waals surface area contributed by atoms with Crippen LogP contribution < -0.4 is 10.5 Å². The molecule has 4 nitrogen and oxygen atoms in total. The number of rotatable bonds is 9. The van der Waals surface area contributed by atoms with Gasteiger partial charge in [-0.05, 0) is 37.6 Å². The molecule has 1 saturated heterocycles. The van der Waals surface area contributed by atoms with Gasteiger partial charge in [0.25, 0.3) is 0 Å². The Morgan fingerprint density at radius 2 is 1.92 bits per heavy atom. The Bertz CT molecular complexity index is 462. The van der Waals surface area contributed by atoms with Gasteiger partial charge in [-0.25, -0.2) is 0 Å². The molecule has 4 heteroatoms. The molecule has 0 bridgehead atoms. The van der Waals surface area contributed by atoms with Crippen molar-refractivity contribution < 1.29 is 4.74 Å². The summed E-state index contributed by atoms with van der Waals surface area (Å²) < 4.78 is 5.82. The molecule has 1 heterocycles. The van der Waals surface area contributed by atoms with Crippen LogP contribution in [0, 0.1) is 0 Å². The largest absolute Gasteiger partial charge is 0.494 e. The molecule has 1 aromatic carbocycles. The number of nitrogens with zero attached hydrogens (tertiary/aromatic N) is 2. The number of likely N-dealkylation sites (N-methyl/N-ethyl adjacent to an activating group) is 1. The van der Waals surface area contributed by atoms with E-state index >= 15 is 0 Å². The van der Waals surface area contributed by atoms with Crippen LogP contribution in [0.25, 0.3) is 0 Å². The summed E-state index contributed by atoms with van der Waals surface area (Å²) in [7, 11) is 2.23. The Morgan fingerprint density at radius 1 is 1.17 bits per heavy atom. The number of ether oxygens (including phenoxy) is 1. The molecule has 2 unspecified atom stereocenters. The van der Waals surface area contributed by atoms with Gasteiger partial charge >= 0.3 is 0 Å². The number of piperazine rings is 1. The summed E-state index contributed by atoms with van der Waals surface area (Å²) in [6.45, 7) is 9.26. The fourth-order valence-corrected chi connectivity index (χ4v) is 3.52. The second-order valence-electron chi connectivity index (χ2n) is 6.91. The van der Waals surface area contributed by atoms with Crippen molar-refractivity contribution in [1.82, 2.24) is 9.80 Å². The minimum atomic E-state index is 0.307. The molecule has 24 heavy (non-hydrogen) atoms. The molecular formula is C20H35N3O. The Morgan fingerprint density at radius 3 is 2.54 bits per heavy atom. The number of hydrogen-bond donors (Lipinski definition) is 1. The Labute approximate surface area is 148 Å². The van der Waals surface area contributed by atoms with Gasteiger partial charge in [0, 0.05) is 38.3 Å². The lowest BCUT2D eigenvalue weighted by atomic mass is 10.0. The lowest BCUT2D eigenvalue weighted by Crippen LogP contribution is -2.53. The van der Waals surface area contributed by atoms with Crippen molar-refractivity contribution >= 4 is 0 Å². The lowest BCUT2D eigenvalue weighted by molar-refractivity contribution is 0.0644. The van der Waals surface area contributed by atoms with Crippen molar-refractivity contribution in [2.75, 3.05) is 39.8 Å². The van der Waals surface area contributed by atoms with Gasteiger partial charge < -0.3 is 15.4 Å². The van der Waals surface area contributed by atoms with Crippen LogP contribution >= 0.6 is 0 Å². The molecule has 0 radical (unpaired) electrons. The fraction of sp³-hybridized carbons (Fsp3) is 0.700. The second kappa shape index (κ2) is 10.0. The highest BCUT2D eigenvalue weighted by atomic mass is 16.5. The first-order valence-electron chi connectivity index (χ1n) is 9.56. The zero-order valence-electron chi connectivity index (χ0n) is 15.7. The van der Waals surface area contributed by atoms with Gasteiger partial charge in [0.2, 0.25) is 0 Å². The van der Waals surface area contributed by atoms with E-state index in [-0.39, 0.29) is 0 Å². The first kappa shape index (κ1) is 19.2. The number of nitrogens with two attached hydrogens (primary N) is 1. The standard InChI is InChI=1S/C20H35N3O/c1-4-6-7-14-24-19-10-8-17(9-11-19)20(15-21)23-13-12-22(3)18(5-2)16-23/h8-11,18,20H,4-7,12-16,21H2,1-3H3. The molecule has 2 atom stereocenters. The summed E-state index contributed by atoms with van der Waals surface area (Å²) in [6, 6.07) is 9.50. The molecule has 1 aromatic rings. The molecule has 1 aliphatic heterocycles. The van der Waals surface area contributed by atoms with Crippen molar-refractivity contribution in [2.45, 2.75) is 51.6 Å². The van der Waals surface area contributed by atoms with Gasteiger partial charge in [-0.3, -0.25) is 4.90 Å². The highest BCUT2D eigenvalue weighted by Crippen LogP contribution is 2.25. The van der Waals surface area contributed by atoms with E-state index < -0.39 is 0 Å². The Balaban J connectivity index is 1.95. The Hall–Kier alpha value is -1.10. The average Bonchev–Trinajstić information content (AvgIpc) is 2.62. The third kappa shape index (κ3) is 5.20. The van der Waals surface area contributed by atoms with E-state index in [4.69, 9.17) is 10.5 Å². The van der Waals surface area contributed by atoms with Crippen LogP contribution in [0.4, 0.5) is 0 Å². The van der Waals surface area contributed by atoms with Gasteiger partial charge in [-0.15, -0.1) is 0 Å². The molecule has 0 spiro atoms. The Kier molecular flexibility index (Phi) is 8.03. The monoisotopic (exact) mass is 333 g/mol. The second-order valence-corrected chi connectivity index (χ2v) is 6.91. The van der Waals surface area contributed by atoms with Gasteiger partial charge in [0.05, 0.1) is 6.61 Å². The highest BCUT2D eigenvalue weighted by molar-refractivity contribution is 5.29. The molecule has 0 aliphatic carbocycles. The molecular weight excluding hydrogens is 298 g/mol. The summed E-state index contributed by atoms with van der Waals surface area (Å²) in [5.41, 5.74) is 7.43. The minimum Gasteiger partial charge on any atom is -0.494 e. The average molecular weight is 334 g/mol. The quantitative estimate of drug-likeness (QED) is 0.704. The van der Waals surface area contributed by atoms with Crippen LogP contribution in [0.5, 0.6) is 5.75 Å². The smallest absolute Gasteiger partial charge is 0.119 e. The summed E-state index contributed by atoms with van der Waals surface area (Å²) in [5.74, 6) is 0.968. The maximum Gasteiger partial charge on any atom is 0.119 e. The van der Waals surface area contributed by atoms with E-state index in [0.29, 0.717) is 18.6 Å². The first-order valence-corrected chi connectivity index (χ1v) is 9.56. The third-order valence-corrected chi connectivity index (χ3v) is 5.23. The molecule has 0 aromatic heterocycles. The van der Waals surface area contributed by atoms with Gasteiger partial charge in [-0.1, -0.05) is 38.8 Å². The predicted octanol–water partition coefficient (Wildman–Crippen LogP) is 3.28. The number of hydrogen-bond acceptors (Lipinski definition) is 4. The topological polar surface area (TPSA) is 41.7 Å². The molecule has 2 rings (SSSR count). The van der Waals surface area contributed by atoms with Crippen LogP contribution in [-0.2, 0) is 0 Å². The maximum absolute atomic E-state index is 6.12. The predicted molar refractivity (Wildman–Crippen MR) is 102 cm³/mol. The van der Waals surface area contributed by atoms with Crippen molar-refractivity contribution in [3.05, 3.63) is 29.8 Å². The van der Waals surface area contributed by atoms with Crippen molar-refractivity contribution in [3.63, 3.8) is 0 Å². The number of unbranched alkanes of at least 4 members (excludes halogenated alkanes) is 2. The van der Waals surface area contributed by atoms with E-state index in [1.165, 1.54) is 24.8 Å². The molecule has 0 saturated carbocycles. The maximum atomic E-state index is 6.12. The molecule has 0 amide bonds. The SMILES string of the molecule is CCCCCOc1ccc(C(CN)N2CCN(C)C(CC)C2)cc1. The van der Waals surface area contributed by atoms with E-state index in [2.05, 4.69) is 55.0 Å². The van der Waals surface area contributed by atoms with Gasteiger partial charge in [0.15, 0.2) is 0 Å². The van der Waals surface area contributed by atoms with Crippen LogP contribution in [0.1, 0.15) is 51.1 Å². The van der Waals surface area contributed by atoms with Gasteiger partial charge in [-0.2, -0.15) is 0 Å². The van der Waals surface area contributed by atoms with E-state index in [9.17, 15) is 0 Å². The van der Waals surface area contributed by atoms with E-state index in [1.54, 1.807) is 0 Å². The zero-order valence-corrected chi connectivity index (χ0v) is 15.7. The summed E-state index contributed by atoms with van der Waals surface area (Å²) in [6.07, 6.45) is 4.78. The summed E-state index contributed by atoms with van der Waals surface area (Å²) in [5, 5.41) is 0. The normalized spacial score (nSPS) is 20.9. The summed E-state index contributed by atoms with van der Waals surface area (Å²) >= 11 is 0. The van der Waals surface area contributed by atoms with Crippen molar-refractivity contribution in [2.24, 2.45) is 5.73 Å². The number of benzene rings is 1. The third-order valence-electron chi connectivity index (χ3n) is 5.23. The zero-order chi connectivity index (χ0) is 17.4.